The van der Waals surface area contributed by atoms with E-state index in [4.69, 9.17) is 5.11 Å². The number of aliphatic hydroxyl groups excluding tert-OH is 1. The van der Waals surface area contributed by atoms with E-state index in [0.29, 0.717) is 6.07 Å². The first-order valence-electron chi connectivity index (χ1n) is 4.82. The van der Waals surface area contributed by atoms with E-state index in [9.17, 15) is 27.5 Å². The Kier molecular flexibility index (Phi) is 2.81. The van der Waals surface area contributed by atoms with Crippen LogP contribution in [0.2, 0.25) is 0 Å². The summed E-state index contributed by atoms with van der Waals surface area (Å²) >= 11 is 0. The Bertz CT molecular complexity index is 531. The molecule has 2 rings (SSSR count). The quantitative estimate of drug-likeness (QED) is 0.808. The van der Waals surface area contributed by atoms with E-state index in [1.54, 1.807) is 0 Å². The van der Waals surface area contributed by atoms with Gasteiger partial charge in [0.05, 0.1) is 0 Å². The molecular formula is C10H6F4O5. The summed E-state index contributed by atoms with van der Waals surface area (Å²) in [5.41, 5.74) is -0.309. The van der Waals surface area contributed by atoms with E-state index in [-0.39, 0.29) is 5.56 Å². The van der Waals surface area contributed by atoms with E-state index < -0.39 is 35.8 Å². The average Bonchev–Trinajstić information content (AvgIpc) is 2.28. The van der Waals surface area contributed by atoms with Crippen LogP contribution in [-0.2, 0) is 4.79 Å². The van der Waals surface area contributed by atoms with Crippen LogP contribution in [0.4, 0.5) is 17.6 Å². The van der Waals surface area contributed by atoms with Gasteiger partial charge in [-0.2, -0.15) is 17.6 Å². The SMILES string of the molecule is O=C(O)C(O)c1ccc2c(c1)OC(F)(F)C(F)(F)O2. The number of carboxylic acid groups (broad SMARTS) is 1. The van der Waals surface area contributed by atoms with Crippen molar-refractivity contribution in [2.45, 2.75) is 18.3 Å². The summed E-state index contributed by atoms with van der Waals surface area (Å²) in [5, 5.41) is 17.7. The van der Waals surface area contributed by atoms with Gasteiger partial charge in [0.2, 0.25) is 0 Å². The van der Waals surface area contributed by atoms with Gasteiger partial charge in [-0.15, -0.1) is 0 Å². The molecule has 1 heterocycles. The highest BCUT2D eigenvalue weighted by Gasteiger charge is 2.65. The zero-order valence-corrected chi connectivity index (χ0v) is 8.94. The van der Waals surface area contributed by atoms with E-state index in [0.717, 1.165) is 12.1 Å². The molecule has 2 N–H and O–H groups in total. The number of fused-ring (bicyclic) bond motifs is 1. The number of halogens is 4. The Morgan fingerprint density at radius 3 is 2.16 bits per heavy atom. The Hall–Kier alpha value is -2.03. The van der Waals surface area contributed by atoms with Gasteiger partial charge in [-0.1, -0.05) is 6.07 Å². The molecule has 0 radical (unpaired) electrons. The van der Waals surface area contributed by atoms with Crippen LogP contribution in [-0.4, -0.2) is 28.4 Å². The van der Waals surface area contributed by atoms with Crippen molar-refractivity contribution in [3.05, 3.63) is 23.8 Å². The molecule has 0 saturated carbocycles. The summed E-state index contributed by atoms with van der Waals surface area (Å²) in [6, 6.07) is 2.44. The van der Waals surface area contributed by atoms with Crippen molar-refractivity contribution < 1.29 is 42.0 Å². The lowest BCUT2D eigenvalue weighted by Crippen LogP contribution is -2.52. The van der Waals surface area contributed by atoms with Crippen LogP contribution in [0.1, 0.15) is 11.7 Å². The molecule has 0 bridgehead atoms. The van der Waals surface area contributed by atoms with Gasteiger partial charge in [0.1, 0.15) is 0 Å². The van der Waals surface area contributed by atoms with E-state index in [1.165, 1.54) is 0 Å². The van der Waals surface area contributed by atoms with Crippen molar-refractivity contribution in [3.8, 4) is 11.5 Å². The first-order chi connectivity index (χ1) is 8.64. The van der Waals surface area contributed by atoms with Crippen molar-refractivity contribution in [1.82, 2.24) is 0 Å². The van der Waals surface area contributed by atoms with Gasteiger partial charge < -0.3 is 19.7 Å². The van der Waals surface area contributed by atoms with E-state index >= 15 is 0 Å². The van der Waals surface area contributed by atoms with Crippen LogP contribution in [0, 0.1) is 0 Å². The van der Waals surface area contributed by atoms with Crippen molar-refractivity contribution >= 4 is 5.97 Å². The summed E-state index contributed by atoms with van der Waals surface area (Å²) in [6.45, 7) is 0. The lowest BCUT2D eigenvalue weighted by Gasteiger charge is -2.32. The van der Waals surface area contributed by atoms with Gasteiger partial charge in [0, 0.05) is 0 Å². The van der Waals surface area contributed by atoms with Crippen LogP contribution in [0.15, 0.2) is 18.2 Å². The van der Waals surface area contributed by atoms with Crippen molar-refractivity contribution in [3.63, 3.8) is 0 Å². The van der Waals surface area contributed by atoms with E-state index in [2.05, 4.69) is 9.47 Å². The van der Waals surface area contributed by atoms with Gasteiger partial charge in [0.15, 0.2) is 17.6 Å². The normalized spacial score (nSPS) is 20.7. The summed E-state index contributed by atoms with van der Waals surface area (Å²) in [4.78, 5) is 10.5. The maximum atomic E-state index is 12.9. The molecule has 1 aliphatic rings. The summed E-state index contributed by atoms with van der Waals surface area (Å²) in [5.74, 6) is -3.10. The summed E-state index contributed by atoms with van der Waals surface area (Å²) in [7, 11) is 0. The molecule has 0 fully saturated rings. The third kappa shape index (κ3) is 2.16. The lowest BCUT2D eigenvalue weighted by atomic mass is 10.1. The predicted octanol–water partition coefficient (Wildman–Crippen LogP) is 1.76. The highest BCUT2D eigenvalue weighted by molar-refractivity contribution is 5.74. The zero-order chi connectivity index (χ0) is 14.4. The highest BCUT2D eigenvalue weighted by Crippen LogP contribution is 2.47. The third-order valence-corrected chi connectivity index (χ3v) is 2.33. The number of aliphatic carboxylic acids is 1. The van der Waals surface area contributed by atoms with Gasteiger partial charge in [-0.05, 0) is 17.7 Å². The fourth-order valence-electron chi connectivity index (χ4n) is 1.40. The number of benzene rings is 1. The summed E-state index contributed by atoms with van der Waals surface area (Å²) in [6.07, 6.45) is -11.7. The molecule has 1 atom stereocenters. The lowest BCUT2D eigenvalue weighted by molar-refractivity contribution is -0.391. The molecule has 1 aliphatic heterocycles. The second kappa shape index (κ2) is 3.98. The molecule has 1 aromatic carbocycles. The molecule has 9 heteroatoms. The second-order valence-electron chi connectivity index (χ2n) is 3.68. The monoisotopic (exact) mass is 282 g/mol. The first kappa shape index (κ1) is 13.4. The standard InChI is InChI=1S/C10H6F4O5/c11-9(12)10(13,14)19-6-3-4(7(15)8(16)17)1-2-5(6)18-9/h1-3,7,15H,(H,16,17). The molecule has 19 heavy (non-hydrogen) atoms. The second-order valence-corrected chi connectivity index (χ2v) is 3.68. The molecule has 0 spiro atoms. The molecule has 0 aromatic heterocycles. The molecule has 0 amide bonds. The van der Waals surface area contributed by atoms with Crippen molar-refractivity contribution in [2.75, 3.05) is 0 Å². The van der Waals surface area contributed by atoms with Crippen LogP contribution in [0.3, 0.4) is 0 Å². The highest BCUT2D eigenvalue weighted by atomic mass is 19.3. The van der Waals surface area contributed by atoms with Crippen LogP contribution in [0.25, 0.3) is 0 Å². The smallest absolute Gasteiger partial charge is 0.479 e. The number of carbonyl (C=O) groups is 1. The summed E-state index contributed by atoms with van der Waals surface area (Å²) < 4.78 is 59.0. The van der Waals surface area contributed by atoms with Gasteiger partial charge in [-0.3, -0.25) is 0 Å². The van der Waals surface area contributed by atoms with Crippen molar-refractivity contribution in [2.24, 2.45) is 0 Å². The van der Waals surface area contributed by atoms with Crippen molar-refractivity contribution in [1.29, 1.82) is 0 Å². The molecule has 104 valence electrons. The minimum atomic E-state index is -4.90. The number of alkyl halides is 4. The molecule has 0 aliphatic carbocycles. The number of rotatable bonds is 2. The fraction of sp³-hybridized carbons (Fsp3) is 0.300. The minimum absolute atomic E-state index is 0.309. The Morgan fingerprint density at radius 1 is 1.11 bits per heavy atom. The fourth-order valence-corrected chi connectivity index (χ4v) is 1.40. The van der Waals surface area contributed by atoms with Crippen LogP contribution in [0.5, 0.6) is 11.5 Å². The number of aliphatic hydroxyl groups is 1. The largest absolute Gasteiger partial charge is 0.507 e. The Labute approximate surface area is 103 Å². The average molecular weight is 282 g/mol. The van der Waals surface area contributed by atoms with E-state index in [1.807, 2.05) is 0 Å². The molecule has 0 saturated heterocycles. The van der Waals surface area contributed by atoms with Gasteiger partial charge >= 0.3 is 18.2 Å². The number of carboxylic acids is 1. The third-order valence-electron chi connectivity index (χ3n) is 2.33. The molecular weight excluding hydrogens is 276 g/mol. The first-order valence-corrected chi connectivity index (χ1v) is 4.82. The number of hydrogen-bond donors (Lipinski definition) is 2. The number of hydrogen-bond acceptors (Lipinski definition) is 4. The minimum Gasteiger partial charge on any atom is -0.479 e. The Morgan fingerprint density at radius 2 is 1.63 bits per heavy atom. The Balaban J connectivity index is 2.41. The van der Waals surface area contributed by atoms with Gasteiger partial charge in [-0.25, -0.2) is 4.79 Å². The van der Waals surface area contributed by atoms with Crippen LogP contribution < -0.4 is 9.47 Å². The van der Waals surface area contributed by atoms with Crippen LogP contribution >= 0.6 is 0 Å². The molecule has 1 unspecified atom stereocenters. The predicted molar refractivity (Wildman–Crippen MR) is 50.2 cm³/mol. The van der Waals surface area contributed by atoms with Gasteiger partial charge in [0.25, 0.3) is 0 Å². The maximum Gasteiger partial charge on any atom is 0.507 e. The maximum absolute atomic E-state index is 12.9. The molecule has 5 nitrogen and oxygen atoms in total. The molecule has 1 aromatic rings. The number of ether oxygens (including phenoxy) is 2. The zero-order valence-electron chi connectivity index (χ0n) is 8.94. The topological polar surface area (TPSA) is 76.0 Å².